The molecule has 0 radical (unpaired) electrons. The molecule has 0 unspecified atom stereocenters. The highest BCUT2D eigenvalue weighted by Crippen LogP contribution is 2.38. The molecule has 38 heavy (non-hydrogen) atoms. The predicted molar refractivity (Wildman–Crippen MR) is 148 cm³/mol. The van der Waals surface area contributed by atoms with Gasteiger partial charge in [-0.15, -0.1) is 0 Å². The van der Waals surface area contributed by atoms with E-state index in [1.165, 1.54) is 29.2 Å². The van der Waals surface area contributed by atoms with Gasteiger partial charge in [0.05, 0.1) is 22.5 Å². The molecule has 0 spiro atoms. The highest BCUT2D eigenvalue weighted by atomic mass is 79.9. The number of nitrogens with zero attached hydrogens (tertiary/aromatic N) is 1. The van der Waals surface area contributed by atoms with Gasteiger partial charge >= 0.3 is 0 Å². The molecule has 0 atom stereocenters. The van der Waals surface area contributed by atoms with Crippen LogP contribution in [-0.4, -0.2) is 36.0 Å². The zero-order chi connectivity index (χ0) is 27.2. The first-order valence-electron chi connectivity index (χ1n) is 11.4. The van der Waals surface area contributed by atoms with Gasteiger partial charge < -0.3 is 14.8 Å². The quantitative estimate of drug-likeness (QED) is 0.219. The molecule has 1 saturated heterocycles. The van der Waals surface area contributed by atoms with Crippen molar-refractivity contribution in [3.05, 3.63) is 88.2 Å². The second kappa shape index (κ2) is 12.0. The first-order valence-corrected chi connectivity index (χ1v) is 12.6. The highest BCUT2D eigenvalue weighted by Gasteiger charge is 2.34. The number of para-hydroxylation sites is 2. The zero-order valence-electron chi connectivity index (χ0n) is 20.0. The Morgan fingerprint density at radius 1 is 1.11 bits per heavy atom. The Morgan fingerprint density at radius 3 is 2.53 bits per heavy atom. The van der Waals surface area contributed by atoms with Gasteiger partial charge in [-0.2, -0.15) is 0 Å². The number of ether oxygens (including phenoxy) is 2. The first-order chi connectivity index (χ1) is 18.3. The molecule has 1 fully saturated rings. The molecule has 8 nitrogen and oxygen atoms in total. The van der Waals surface area contributed by atoms with Gasteiger partial charge in [-0.05, 0) is 83.1 Å². The molecule has 1 heterocycles. The molecule has 3 amide bonds. The molecule has 4 rings (SSSR count). The van der Waals surface area contributed by atoms with Gasteiger partial charge in [0, 0.05) is 0 Å². The van der Waals surface area contributed by atoms with E-state index >= 15 is 0 Å². The molecular formula is C27H21BrFN3O5S. The SMILES string of the molecule is CCOc1cc(/C=C2/C(=O)NC(=S)N(c3ccccc3)C2=O)cc(Br)c1OCC(=O)Nc1ccccc1F. The van der Waals surface area contributed by atoms with E-state index in [1.807, 2.05) is 0 Å². The average Bonchev–Trinajstić information content (AvgIpc) is 2.88. The summed E-state index contributed by atoms with van der Waals surface area (Å²) < 4.78 is 25.6. The minimum atomic E-state index is -0.633. The van der Waals surface area contributed by atoms with E-state index in [-0.39, 0.29) is 34.5 Å². The summed E-state index contributed by atoms with van der Waals surface area (Å²) in [5.41, 5.74) is 0.881. The van der Waals surface area contributed by atoms with Gasteiger partial charge in [0.25, 0.3) is 17.7 Å². The minimum Gasteiger partial charge on any atom is -0.490 e. The van der Waals surface area contributed by atoms with Gasteiger partial charge in [-0.1, -0.05) is 30.3 Å². The van der Waals surface area contributed by atoms with Crippen molar-refractivity contribution in [3.63, 3.8) is 0 Å². The van der Waals surface area contributed by atoms with Crippen LogP contribution in [0.1, 0.15) is 12.5 Å². The number of anilines is 2. The van der Waals surface area contributed by atoms with Gasteiger partial charge in [0.2, 0.25) is 0 Å². The number of halogens is 2. The van der Waals surface area contributed by atoms with Crippen LogP contribution in [-0.2, 0) is 14.4 Å². The van der Waals surface area contributed by atoms with Gasteiger partial charge in [-0.3, -0.25) is 24.6 Å². The third kappa shape index (κ3) is 6.06. The van der Waals surface area contributed by atoms with Crippen LogP contribution < -0.4 is 25.0 Å². The van der Waals surface area contributed by atoms with Crippen LogP contribution in [0.3, 0.4) is 0 Å². The zero-order valence-corrected chi connectivity index (χ0v) is 22.4. The lowest BCUT2D eigenvalue weighted by Gasteiger charge is -2.28. The number of benzene rings is 3. The third-order valence-electron chi connectivity index (χ3n) is 5.25. The fourth-order valence-electron chi connectivity index (χ4n) is 3.60. The summed E-state index contributed by atoms with van der Waals surface area (Å²) in [5, 5.41) is 4.97. The van der Waals surface area contributed by atoms with E-state index in [9.17, 15) is 18.8 Å². The predicted octanol–water partition coefficient (Wildman–Crippen LogP) is 4.84. The van der Waals surface area contributed by atoms with Crippen molar-refractivity contribution in [2.45, 2.75) is 6.92 Å². The monoisotopic (exact) mass is 597 g/mol. The van der Waals surface area contributed by atoms with Crippen LogP contribution in [0.15, 0.2) is 76.8 Å². The molecule has 194 valence electrons. The lowest BCUT2D eigenvalue weighted by atomic mass is 10.1. The van der Waals surface area contributed by atoms with Crippen molar-refractivity contribution in [1.29, 1.82) is 0 Å². The molecule has 0 bridgehead atoms. The van der Waals surface area contributed by atoms with E-state index in [0.29, 0.717) is 15.7 Å². The number of carbonyl (C=O) groups is 3. The van der Waals surface area contributed by atoms with Crippen molar-refractivity contribution in [1.82, 2.24) is 5.32 Å². The lowest BCUT2D eigenvalue weighted by molar-refractivity contribution is -0.122. The van der Waals surface area contributed by atoms with E-state index < -0.39 is 30.1 Å². The summed E-state index contributed by atoms with van der Waals surface area (Å²) >= 11 is 8.63. The van der Waals surface area contributed by atoms with Gasteiger partial charge in [0.1, 0.15) is 11.4 Å². The standard InChI is InChI=1S/C27H21BrFN3O5S/c1-2-36-22-14-16(12-18-25(34)31-27(38)32(26(18)35)17-8-4-3-5-9-17)13-19(28)24(22)37-15-23(33)30-21-11-7-6-10-20(21)29/h3-14H,2,15H2,1H3,(H,30,33)(H,31,34,38)/b18-12-. The Hall–Kier alpha value is -4.09. The normalized spacial score (nSPS) is 14.3. The van der Waals surface area contributed by atoms with Gasteiger partial charge in [0.15, 0.2) is 23.2 Å². The van der Waals surface area contributed by atoms with Crippen molar-refractivity contribution in [3.8, 4) is 11.5 Å². The van der Waals surface area contributed by atoms with Crippen LogP contribution in [0.2, 0.25) is 0 Å². The molecule has 0 aliphatic carbocycles. The van der Waals surface area contributed by atoms with Gasteiger partial charge in [-0.25, -0.2) is 4.39 Å². The Bertz CT molecular complexity index is 1450. The molecule has 3 aromatic carbocycles. The molecule has 3 aromatic rings. The minimum absolute atomic E-state index is 0.0167. The number of thiocarbonyl (C=S) groups is 1. The molecule has 0 aromatic heterocycles. The van der Waals surface area contributed by atoms with E-state index in [1.54, 1.807) is 55.5 Å². The maximum atomic E-state index is 13.8. The van der Waals surface area contributed by atoms with Crippen molar-refractivity contribution in [2.24, 2.45) is 0 Å². The van der Waals surface area contributed by atoms with E-state index in [4.69, 9.17) is 21.7 Å². The number of hydrogen-bond donors (Lipinski definition) is 2. The van der Waals surface area contributed by atoms with Crippen LogP contribution >= 0.6 is 28.1 Å². The van der Waals surface area contributed by atoms with Crippen LogP contribution in [0.5, 0.6) is 11.5 Å². The Labute approximate surface area is 231 Å². The molecule has 11 heteroatoms. The largest absolute Gasteiger partial charge is 0.490 e. The number of rotatable bonds is 8. The molecular weight excluding hydrogens is 577 g/mol. The molecule has 1 aliphatic heterocycles. The van der Waals surface area contributed by atoms with Crippen LogP contribution in [0.25, 0.3) is 6.08 Å². The lowest BCUT2D eigenvalue weighted by Crippen LogP contribution is -2.54. The topological polar surface area (TPSA) is 97.0 Å². The smallest absolute Gasteiger partial charge is 0.270 e. The fourth-order valence-corrected chi connectivity index (χ4v) is 4.45. The Balaban J connectivity index is 1.58. The summed E-state index contributed by atoms with van der Waals surface area (Å²) in [7, 11) is 0. The van der Waals surface area contributed by atoms with Crippen LogP contribution in [0.4, 0.5) is 15.8 Å². The highest BCUT2D eigenvalue weighted by molar-refractivity contribution is 9.10. The Morgan fingerprint density at radius 2 is 1.82 bits per heavy atom. The summed E-state index contributed by atoms with van der Waals surface area (Å²) in [6.07, 6.45) is 1.41. The number of hydrogen-bond acceptors (Lipinski definition) is 6. The first kappa shape index (κ1) is 27.0. The summed E-state index contributed by atoms with van der Waals surface area (Å²) in [4.78, 5) is 39.5. The molecule has 1 aliphatic rings. The number of carbonyl (C=O) groups excluding carboxylic acids is 3. The summed E-state index contributed by atoms with van der Waals surface area (Å²) in [6.45, 7) is 1.63. The second-order valence-electron chi connectivity index (χ2n) is 7.87. The third-order valence-corrected chi connectivity index (χ3v) is 6.13. The van der Waals surface area contributed by atoms with Crippen molar-refractivity contribution in [2.75, 3.05) is 23.4 Å². The summed E-state index contributed by atoms with van der Waals surface area (Å²) in [5.74, 6) is -1.86. The van der Waals surface area contributed by atoms with Crippen LogP contribution in [0, 0.1) is 5.82 Å². The average molecular weight is 598 g/mol. The van der Waals surface area contributed by atoms with E-state index in [0.717, 1.165) is 0 Å². The summed E-state index contributed by atoms with van der Waals surface area (Å²) in [6, 6.07) is 17.7. The molecule has 0 saturated carbocycles. The maximum Gasteiger partial charge on any atom is 0.270 e. The fraction of sp³-hybridized carbons (Fsp3) is 0.111. The maximum absolute atomic E-state index is 13.8. The number of nitrogens with one attached hydrogen (secondary N) is 2. The number of amides is 3. The second-order valence-corrected chi connectivity index (χ2v) is 9.11. The van der Waals surface area contributed by atoms with E-state index in [2.05, 4.69) is 26.6 Å². The molecule has 2 N–H and O–H groups in total. The Kier molecular flexibility index (Phi) is 8.49. The van der Waals surface area contributed by atoms with Crippen molar-refractivity contribution < 1.29 is 28.2 Å². The van der Waals surface area contributed by atoms with Crippen molar-refractivity contribution >= 4 is 68.4 Å².